The van der Waals surface area contributed by atoms with Crippen LogP contribution in [0.3, 0.4) is 0 Å². The van der Waals surface area contributed by atoms with Gasteiger partial charge in [-0.25, -0.2) is 0 Å². The molecule has 2 heterocycles. The molecule has 6 heteroatoms. The third-order valence-electron chi connectivity index (χ3n) is 7.27. The van der Waals surface area contributed by atoms with Crippen LogP contribution in [0, 0.1) is 0 Å². The van der Waals surface area contributed by atoms with Crippen molar-refractivity contribution in [1.82, 2.24) is 14.8 Å². The van der Waals surface area contributed by atoms with E-state index in [2.05, 4.69) is 5.32 Å². The number of para-hydroxylation sites is 1. The molecule has 1 aliphatic carbocycles. The number of benzene rings is 2. The molecule has 172 valence electrons. The lowest BCUT2D eigenvalue weighted by atomic mass is 9.93. The van der Waals surface area contributed by atoms with Crippen molar-refractivity contribution in [1.29, 1.82) is 0 Å². The first-order chi connectivity index (χ1) is 16.0. The van der Waals surface area contributed by atoms with Crippen LogP contribution in [0.15, 0.2) is 54.6 Å². The standard InChI is InChI=1S/C27H30ClN3O2/c1-27(26(33)29-22-9-4-2-3-5-10-22)18-30-23-11-7-6-8-20(23)16-24(30)25(32)31(27)17-19-12-14-21(28)15-13-19/h6-8,11-16,22H,2-5,9-10,17-18H2,1H3,(H,29,33)/t27-/m1/s1. The molecule has 0 bridgehead atoms. The Morgan fingerprint density at radius 3 is 2.48 bits per heavy atom. The number of nitrogens with one attached hydrogen (secondary N) is 1. The van der Waals surface area contributed by atoms with Gasteiger partial charge < -0.3 is 14.8 Å². The van der Waals surface area contributed by atoms with Crippen LogP contribution in [-0.2, 0) is 17.9 Å². The predicted octanol–water partition coefficient (Wildman–Crippen LogP) is 5.55. The fraction of sp³-hybridized carbons (Fsp3) is 0.407. The van der Waals surface area contributed by atoms with Gasteiger partial charge in [0, 0.05) is 28.5 Å². The maximum Gasteiger partial charge on any atom is 0.271 e. The molecule has 1 aliphatic heterocycles. The van der Waals surface area contributed by atoms with Gasteiger partial charge in [0.25, 0.3) is 5.91 Å². The fourth-order valence-corrected chi connectivity index (χ4v) is 5.42. The number of carbonyl (C=O) groups is 2. The minimum atomic E-state index is -1.00. The third-order valence-corrected chi connectivity index (χ3v) is 7.52. The van der Waals surface area contributed by atoms with Crippen LogP contribution in [-0.4, -0.2) is 32.9 Å². The minimum absolute atomic E-state index is 0.0693. The van der Waals surface area contributed by atoms with Crippen molar-refractivity contribution < 1.29 is 9.59 Å². The molecule has 5 rings (SSSR count). The quantitative estimate of drug-likeness (QED) is 0.516. The highest BCUT2D eigenvalue weighted by Gasteiger charge is 2.48. The summed E-state index contributed by atoms with van der Waals surface area (Å²) < 4.78 is 2.02. The molecule has 2 aliphatic rings. The summed E-state index contributed by atoms with van der Waals surface area (Å²) in [5, 5.41) is 4.98. The van der Waals surface area contributed by atoms with Crippen molar-refractivity contribution in [3.63, 3.8) is 0 Å². The highest BCUT2D eigenvalue weighted by atomic mass is 35.5. The zero-order chi connectivity index (χ0) is 23.0. The second-order valence-electron chi connectivity index (χ2n) is 9.63. The topological polar surface area (TPSA) is 54.3 Å². The van der Waals surface area contributed by atoms with Gasteiger partial charge in [0.1, 0.15) is 11.2 Å². The molecular weight excluding hydrogens is 434 g/mol. The molecule has 33 heavy (non-hydrogen) atoms. The molecule has 5 nitrogen and oxygen atoms in total. The van der Waals surface area contributed by atoms with E-state index in [0.29, 0.717) is 23.8 Å². The van der Waals surface area contributed by atoms with Crippen LogP contribution in [0.5, 0.6) is 0 Å². The average Bonchev–Trinajstić information content (AvgIpc) is 2.98. The Balaban J connectivity index is 1.53. The Bertz CT molecular complexity index is 1180. The van der Waals surface area contributed by atoms with Crippen LogP contribution < -0.4 is 5.32 Å². The number of halogens is 1. The number of hydrogen-bond acceptors (Lipinski definition) is 2. The number of nitrogens with zero attached hydrogens (tertiary/aromatic N) is 2. The van der Waals surface area contributed by atoms with E-state index in [-0.39, 0.29) is 17.9 Å². The van der Waals surface area contributed by atoms with Gasteiger partial charge in [-0.15, -0.1) is 0 Å². The monoisotopic (exact) mass is 463 g/mol. The molecule has 0 unspecified atom stereocenters. The van der Waals surface area contributed by atoms with Crippen molar-refractivity contribution in [2.75, 3.05) is 0 Å². The maximum absolute atomic E-state index is 13.8. The van der Waals surface area contributed by atoms with Gasteiger partial charge in [0.2, 0.25) is 5.91 Å². The Morgan fingerprint density at radius 2 is 1.76 bits per heavy atom. The van der Waals surface area contributed by atoms with Crippen LogP contribution in [0.25, 0.3) is 10.9 Å². The smallest absolute Gasteiger partial charge is 0.271 e. The first-order valence-corrected chi connectivity index (χ1v) is 12.3. The second kappa shape index (κ2) is 8.86. The van der Waals surface area contributed by atoms with Gasteiger partial charge in [0.15, 0.2) is 0 Å². The number of fused-ring (bicyclic) bond motifs is 3. The predicted molar refractivity (Wildman–Crippen MR) is 131 cm³/mol. The van der Waals surface area contributed by atoms with E-state index in [9.17, 15) is 9.59 Å². The molecular formula is C27H30ClN3O2. The van der Waals surface area contributed by atoms with Crippen LogP contribution >= 0.6 is 11.6 Å². The van der Waals surface area contributed by atoms with E-state index in [4.69, 9.17) is 11.6 Å². The van der Waals surface area contributed by atoms with E-state index in [1.54, 1.807) is 4.90 Å². The summed E-state index contributed by atoms with van der Waals surface area (Å²) in [6.07, 6.45) is 6.74. The highest BCUT2D eigenvalue weighted by Crippen LogP contribution is 2.34. The van der Waals surface area contributed by atoms with Crippen molar-refractivity contribution in [3.05, 3.63) is 70.9 Å². The van der Waals surface area contributed by atoms with Crippen molar-refractivity contribution in [2.24, 2.45) is 0 Å². The molecule has 1 atom stereocenters. The molecule has 0 saturated heterocycles. The first kappa shape index (κ1) is 22.0. The summed E-state index contributed by atoms with van der Waals surface area (Å²) in [5.41, 5.74) is 1.56. The first-order valence-electron chi connectivity index (χ1n) is 11.9. The molecule has 3 aromatic rings. The lowest BCUT2D eigenvalue weighted by molar-refractivity contribution is -0.134. The Hall–Kier alpha value is -2.79. The maximum atomic E-state index is 13.8. The van der Waals surface area contributed by atoms with Gasteiger partial charge in [-0.1, -0.05) is 67.6 Å². The van der Waals surface area contributed by atoms with Crippen LogP contribution in [0.4, 0.5) is 0 Å². The zero-order valence-electron chi connectivity index (χ0n) is 19.0. The van der Waals surface area contributed by atoms with Crippen LogP contribution in [0.1, 0.15) is 61.5 Å². The average molecular weight is 464 g/mol. The summed E-state index contributed by atoms with van der Waals surface area (Å²) in [7, 11) is 0. The summed E-state index contributed by atoms with van der Waals surface area (Å²) >= 11 is 6.08. The number of carbonyl (C=O) groups excluding carboxylic acids is 2. The summed E-state index contributed by atoms with van der Waals surface area (Å²) in [6.45, 7) is 2.68. The molecule has 0 spiro atoms. The Kier molecular flexibility index (Phi) is 5.92. The Labute approximate surface area is 199 Å². The van der Waals surface area contributed by atoms with Gasteiger partial charge in [-0.2, -0.15) is 0 Å². The molecule has 1 N–H and O–H groups in total. The highest BCUT2D eigenvalue weighted by molar-refractivity contribution is 6.30. The van der Waals surface area contributed by atoms with E-state index in [1.807, 2.05) is 66.1 Å². The van der Waals surface area contributed by atoms with Crippen molar-refractivity contribution >= 4 is 34.3 Å². The molecule has 0 radical (unpaired) electrons. The van der Waals surface area contributed by atoms with Gasteiger partial charge in [0.05, 0.1) is 6.54 Å². The number of hydrogen-bond donors (Lipinski definition) is 1. The Morgan fingerprint density at radius 1 is 1.06 bits per heavy atom. The lowest BCUT2D eigenvalue weighted by Crippen LogP contribution is -2.64. The van der Waals surface area contributed by atoms with Crippen molar-refractivity contribution in [2.45, 2.75) is 70.1 Å². The number of amides is 2. The molecule has 1 aromatic heterocycles. The second-order valence-corrected chi connectivity index (χ2v) is 10.1. The van der Waals surface area contributed by atoms with Gasteiger partial charge in [-0.3, -0.25) is 9.59 Å². The van der Waals surface area contributed by atoms with E-state index in [0.717, 1.165) is 42.1 Å². The lowest BCUT2D eigenvalue weighted by Gasteiger charge is -2.44. The molecule has 2 amide bonds. The van der Waals surface area contributed by atoms with Crippen LogP contribution in [0.2, 0.25) is 5.02 Å². The molecule has 1 fully saturated rings. The number of rotatable bonds is 4. The fourth-order valence-electron chi connectivity index (χ4n) is 5.29. The SMILES string of the molecule is C[C@]1(C(=O)NC2CCCCCC2)Cn2c(cc3ccccc32)C(=O)N1Cc1ccc(Cl)cc1. The third kappa shape index (κ3) is 4.15. The van der Waals surface area contributed by atoms with Gasteiger partial charge in [-0.05, 0) is 49.6 Å². The normalized spacial score (nSPS) is 21.6. The van der Waals surface area contributed by atoms with Gasteiger partial charge >= 0.3 is 0 Å². The summed E-state index contributed by atoms with van der Waals surface area (Å²) in [5.74, 6) is -0.189. The zero-order valence-corrected chi connectivity index (χ0v) is 19.8. The van der Waals surface area contributed by atoms with E-state index < -0.39 is 5.54 Å². The number of aromatic nitrogens is 1. The van der Waals surface area contributed by atoms with Crippen molar-refractivity contribution in [3.8, 4) is 0 Å². The van der Waals surface area contributed by atoms with E-state index in [1.165, 1.54) is 12.8 Å². The summed E-state index contributed by atoms with van der Waals surface area (Å²) in [6, 6.07) is 17.6. The molecule has 2 aromatic carbocycles. The minimum Gasteiger partial charge on any atom is -0.351 e. The van der Waals surface area contributed by atoms with E-state index >= 15 is 0 Å². The molecule has 1 saturated carbocycles. The summed E-state index contributed by atoms with van der Waals surface area (Å²) in [4.78, 5) is 29.4. The largest absolute Gasteiger partial charge is 0.351 e.